The van der Waals surface area contributed by atoms with Gasteiger partial charge in [0.2, 0.25) is 11.8 Å². The predicted octanol–water partition coefficient (Wildman–Crippen LogP) is 7.46. The number of allylic oxidation sites excluding steroid dienone is 1. The first-order valence-corrected chi connectivity index (χ1v) is 19.9. The van der Waals surface area contributed by atoms with E-state index in [1.165, 1.54) is 22.3 Å². The lowest BCUT2D eigenvalue weighted by atomic mass is 9.47. The number of carbonyl (C=O) groups excluding carboxylic acids is 3. The van der Waals surface area contributed by atoms with Gasteiger partial charge in [-0.25, -0.2) is 14.7 Å². The molecule has 0 N–H and O–H groups in total. The number of aromatic nitrogens is 1. The molecule has 3 heterocycles. The van der Waals surface area contributed by atoms with Gasteiger partial charge in [-0.3, -0.25) is 19.0 Å². The molecule has 0 saturated carbocycles. The average Bonchev–Trinajstić information content (AvgIpc) is 3.65. The third kappa shape index (κ3) is 4.68. The van der Waals surface area contributed by atoms with Crippen LogP contribution in [0.15, 0.2) is 130 Å². The molecule has 0 spiro atoms. The van der Waals surface area contributed by atoms with Gasteiger partial charge in [0.15, 0.2) is 4.80 Å². The number of esters is 1. The van der Waals surface area contributed by atoms with Crippen molar-refractivity contribution in [2.45, 2.75) is 31.2 Å². The van der Waals surface area contributed by atoms with Gasteiger partial charge in [-0.05, 0) is 76.7 Å². The second-order valence-corrected chi connectivity index (χ2v) is 16.4. The van der Waals surface area contributed by atoms with Crippen LogP contribution >= 0.6 is 34.5 Å². The molecule has 2 bridgehead atoms. The number of anilines is 1. The molecular formula is C45H31Cl2N3O5S. The molecule has 0 unspecified atom stereocenters. The maximum Gasteiger partial charge on any atom is 0.338 e. The van der Waals surface area contributed by atoms with Crippen LogP contribution in [-0.4, -0.2) is 29.0 Å². The van der Waals surface area contributed by atoms with Crippen molar-refractivity contribution in [2.75, 3.05) is 11.5 Å². The number of benzene rings is 5. The average molecular weight is 797 g/mol. The number of rotatable bonds is 5. The summed E-state index contributed by atoms with van der Waals surface area (Å²) in [4.78, 5) is 65.4. The third-order valence-corrected chi connectivity index (χ3v) is 13.3. The minimum atomic E-state index is -1.23. The van der Waals surface area contributed by atoms with Gasteiger partial charge in [-0.1, -0.05) is 126 Å². The third-order valence-electron chi connectivity index (χ3n) is 11.8. The van der Waals surface area contributed by atoms with Crippen molar-refractivity contribution in [3.63, 3.8) is 0 Å². The summed E-state index contributed by atoms with van der Waals surface area (Å²) in [6, 6.07) is 33.4. The number of ether oxygens (including phenoxy) is 1. The van der Waals surface area contributed by atoms with Crippen LogP contribution in [0.1, 0.15) is 53.6 Å². The Labute approximate surface area is 334 Å². The van der Waals surface area contributed by atoms with E-state index < -0.39 is 41.1 Å². The highest BCUT2D eigenvalue weighted by Crippen LogP contribution is 2.65. The molecule has 1 saturated heterocycles. The Morgan fingerprint density at radius 2 is 1.52 bits per heavy atom. The highest BCUT2D eigenvalue weighted by molar-refractivity contribution is 7.07. The summed E-state index contributed by atoms with van der Waals surface area (Å²) in [5, 5.41) is 2.41. The van der Waals surface area contributed by atoms with Crippen molar-refractivity contribution in [1.29, 1.82) is 0 Å². The van der Waals surface area contributed by atoms with Gasteiger partial charge in [0.1, 0.15) is 0 Å². The molecule has 8 nitrogen and oxygen atoms in total. The lowest BCUT2D eigenvalue weighted by Gasteiger charge is -2.53. The molecule has 6 aromatic rings. The van der Waals surface area contributed by atoms with Crippen LogP contribution in [0.5, 0.6) is 0 Å². The largest absolute Gasteiger partial charge is 0.463 e. The molecule has 11 heteroatoms. The Kier molecular flexibility index (Phi) is 7.91. The van der Waals surface area contributed by atoms with Crippen LogP contribution in [0, 0.1) is 11.8 Å². The number of nitrogens with zero attached hydrogens (tertiary/aromatic N) is 3. The number of carbonyl (C=O) groups is 3. The maximum atomic E-state index is 15.3. The fraction of sp³-hybridized carbons (Fsp3) is 0.178. The molecule has 56 heavy (non-hydrogen) atoms. The van der Waals surface area contributed by atoms with Crippen molar-refractivity contribution in [3.05, 3.63) is 178 Å². The summed E-state index contributed by atoms with van der Waals surface area (Å²) in [5.41, 5.74) is 3.71. The topological polar surface area (TPSA) is 98.0 Å². The Morgan fingerprint density at radius 1 is 0.857 bits per heavy atom. The molecule has 1 aromatic heterocycles. The summed E-state index contributed by atoms with van der Waals surface area (Å²) in [6.07, 6.45) is 1.89. The first kappa shape index (κ1) is 34.8. The number of fused-ring (bicyclic) bond motifs is 2. The van der Waals surface area contributed by atoms with E-state index in [1.54, 1.807) is 30.5 Å². The first-order chi connectivity index (χ1) is 27.1. The van der Waals surface area contributed by atoms with E-state index in [1.807, 2.05) is 97.1 Å². The number of hydrogen-bond acceptors (Lipinski definition) is 7. The summed E-state index contributed by atoms with van der Waals surface area (Å²) in [5.74, 6) is -3.40. The van der Waals surface area contributed by atoms with E-state index in [0.717, 1.165) is 38.6 Å². The fourth-order valence-corrected chi connectivity index (χ4v) is 11.3. The highest BCUT2D eigenvalue weighted by atomic mass is 35.5. The molecule has 3 aliphatic carbocycles. The second kappa shape index (κ2) is 12.7. The van der Waals surface area contributed by atoms with Crippen LogP contribution in [0.25, 0.3) is 16.8 Å². The molecule has 0 radical (unpaired) electrons. The van der Waals surface area contributed by atoms with E-state index in [9.17, 15) is 9.59 Å². The van der Waals surface area contributed by atoms with Crippen molar-refractivity contribution < 1.29 is 19.1 Å². The van der Waals surface area contributed by atoms with Crippen LogP contribution in [0.4, 0.5) is 5.69 Å². The summed E-state index contributed by atoms with van der Waals surface area (Å²) < 4.78 is 7.49. The Balaban J connectivity index is 1.26. The Morgan fingerprint density at radius 3 is 2.23 bits per heavy atom. The van der Waals surface area contributed by atoms with E-state index in [4.69, 9.17) is 32.9 Å². The van der Waals surface area contributed by atoms with Gasteiger partial charge in [-0.15, -0.1) is 0 Å². The van der Waals surface area contributed by atoms with Crippen LogP contribution in [0.2, 0.25) is 10.0 Å². The van der Waals surface area contributed by atoms with Crippen molar-refractivity contribution in [2.24, 2.45) is 16.8 Å². The maximum absolute atomic E-state index is 15.3. The van der Waals surface area contributed by atoms with Gasteiger partial charge >= 0.3 is 5.97 Å². The van der Waals surface area contributed by atoms with Crippen LogP contribution < -0.4 is 19.8 Å². The van der Waals surface area contributed by atoms with Gasteiger partial charge in [-0.2, -0.15) is 0 Å². The standard InChI is InChI=1S/C45H31Cl2N3O5S/c1-3-55-43(54)35-23(2)48-44-50(39(35)27-16-10-12-24-11-4-5-13-26(24)27)40(51)34(56-44)22-45-30-17-8-6-14-28(30)36(29-15-7-9-18-31(29)45)37-38(45)42(53)49(41(37)52)33-20-19-25(46)21-32(33)47/h4-22,36-39H,3H2,1-2H3/b34-22+/t36?,37-,38+,39-,45?/m0/s1. The van der Waals surface area contributed by atoms with Crippen molar-refractivity contribution in [1.82, 2.24) is 4.57 Å². The molecule has 3 atom stereocenters. The predicted molar refractivity (Wildman–Crippen MR) is 217 cm³/mol. The van der Waals surface area contributed by atoms with Gasteiger partial charge in [0, 0.05) is 10.9 Å². The van der Waals surface area contributed by atoms with Crippen LogP contribution in [-0.2, 0) is 24.5 Å². The molecule has 5 aliphatic rings. The normalized spacial score (nSPS) is 23.5. The first-order valence-electron chi connectivity index (χ1n) is 18.4. The van der Waals surface area contributed by atoms with Gasteiger partial charge in [0.25, 0.3) is 5.56 Å². The van der Waals surface area contributed by atoms with Crippen molar-refractivity contribution in [3.8, 4) is 0 Å². The smallest absolute Gasteiger partial charge is 0.338 e. The molecular weight excluding hydrogens is 765 g/mol. The van der Waals surface area contributed by atoms with E-state index >= 15 is 9.59 Å². The van der Waals surface area contributed by atoms with E-state index in [2.05, 4.69) is 0 Å². The number of thiazole rings is 1. The molecule has 2 amide bonds. The quantitative estimate of drug-likeness (QED) is 0.133. The van der Waals surface area contributed by atoms with E-state index in [0.29, 0.717) is 20.1 Å². The molecule has 5 aromatic carbocycles. The number of halogens is 2. The van der Waals surface area contributed by atoms with Crippen LogP contribution in [0.3, 0.4) is 0 Å². The Bertz CT molecular complexity index is 2910. The Hall–Kier alpha value is -5.61. The minimum Gasteiger partial charge on any atom is -0.463 e. The minimum absolute atomic E-state index is 0.151. The molecule has 2 aliphatic heterocycles. The summed E-state index contributed by atoms with van der Waals surface area (Å²) in [7, 11) is 0. The zero-order chi connectivity index (χ0) is 38.6. The molecule has 1 fully saturated rings. The molecule has 11 rings (SSSR count). The fourth-order valence-electron chi connectivity index (χ4n) is 9.76. The SMILES string of the molecule is CCOC(=O)C1=C(C)N=c2s/c(=C/C34c5ccccc5C(c5ccccc53)[C@@H]3C(=O)N(c5ccc(Cl)cc5Cl)C(=O)[C@@H]34)c(=O)n2[C@H]1c1cccc2ccccc12. The summed E-state index contributed by atoms with van der Waals surface area (Å²) in [6.45, 7) is 3.66. The zero-order valence-electron chi connectivity index (χ0n) is 30.0. The second-order valence-electron chi connectivity index (χ2n) is 14.5. The monoisotopic (exact) mass is 795 g/mol. The van der Waals surface area contributed by atoms with E-state index in [-0.39, 0.29) is 34.4 Å². The lowest BCUT2D eigenvalue weighted by molar-refractivity contribution is -0.139. The number of hydrogen-bond donors (Lipinski definition) is 0. The highest BCUT2D eigenvalue weighted by Gasteiger charge is 2.67. The van der Waals surface area contributed by atoms with Crippen molar-refractivity contribution >= 4 is 74.9 Å². The summed E-state index contributed by atoms with van der Waals surface area (Å²) >= 11 is 14.1. The zero-order valence-corrected chi connectivity index (χ0v) is 32.4. The van der Waals surface area contributed by atoms with Gasteiger partial charge in [0.05, 0.1) is 56.4 Å². The number of amides is 2. The van der Waals surface area contributed by atoms with Gasteiger partial charge < -0.3 is 4.74 Å². The molecule has 276 valence electrons. The number of imide groups is 1. The lowest BCUT2D eigenvalue weighted by Crippen LogP contribution is -2.53.